The summed E-state index contributed by atoms with van der Waals surface area (Å²) < 4.78 is 3.99. The minimum Gasteiger partial charge on any atom is -0.347 e. The molecule has 0 saturated carbocycles. The Balaban J connectivity index is 1.66. The van der Waals surface area contributed by atoms with Gasteiger partial charge in [0, 0.05) is 45.3 Å². The quantitative estimate of drug-likeness (QED) is 0.854. The maximum atomic E-state index is 12.5. The summed E-state index contributed by atoms with van der Waals surface area (Å²) in [5, 5.41) is 0. The number of piperidine rings is 1. The molecule has 0 bridgehead atoms. The molecule has 0 aromatic carbocycles. The maximum Gasteiger partial charge on any atom is 0.270 e. The van der Waals surface area contributed by atoms with Gasteiger partial charge in [0.05, 0.1) is 6.33 Å². The highest BCUT2D eigenvalue weighted by Gasteiger charge is 2.25. The number of hydrogen-bond acceptors (Lipinski definition) is 2. The molecule has 1 fully saturated rings. The van der Waals surface area contributed by atoms with Gasteiger partial charge < -0.3 is 14.0 Å². The zero-order valence-corrected chi connectivity index (χ0v) is 11.8. The first kappa shape index (κ1) is 13.0. The van der Waals surface area contributed by atoms with E-state index < -0.39 is 0 Å². The lowest BCUT2D eigenvalue weighted by molar-refractivity contribution is 0.0652. The van der Waals surface area contributed by atoms with E-state index in [1.54, 1.807) is 6.20 Å². The van der Waals surface area contributed by atoms with Crippen LogP contribution in [0.3, 0.4) is 0 Å². The smallest absolute Gasteiger partial charge is 0.270 e. The molecule has 5 nitrogen and oxygen atoms in total. The van der Waals surface area contributed by atoms with Gasteiger partial charge in [-0.1, -0.05) is 0 Å². The molecule has 1 aliphatic heterocycles. The third-order valence-corrected chi connectivity index (χ3v) is 4.00. The predicted molar refractivity (Wildman–Crippen MR) is 76.3 cm³/mol. The minimum atomic E-state index is 0.146. The van der Waals surface area contributed by atoms with E-state index in [0.29, 0.717) is 5.92 Å². The molecule has 0 N–H and O–H groups in total. The van der Waals surface area contributed by atoms with Crippen molar-refractivity contribution in [1.82, 2.24) is 19.0 Å². The first-order valence-electron chi connectivity index (χ1n) is 7.10. The van der Waals surface area contributed by atoms with E-state index in [-0.39, 0.29) is 5.91 Å². The van der Waals surface area contributed by atoms with Crippen LogP contribution in [0.1, 0.15) is 23.3 Å². The summed E-state index contributed by atoms with van der Waals surface area (Å²) in [7, 11) is 1.92. The average molecular weight is 272 g/mol. The van der Waals surface area contributed by atoms with Gasteiger partial charge in [0.1, 0.15) is 5.69 Å². The van der Waals surface area contributed by atoms with Crippen LogP contribution in [0.4, 0.5) is 0 Å². The molecular formula is C15H20N4O. The van der Waals surface area contributed by atoms with Gasteiger partial charge in [-0.2, -0.15) is 0 Å². The van der Waals surface area contributed by atoms with Crippen molar-refractivity contribution in [1.29, 1.82) is 0 Å². The molecule has 0 radical (unpaired) electrons. The fourth-order valence-electron chi connectivity index (χ4n) is 2.94. The number of hydrogen-bond donors (Lipinski definition) is 0. The Morgan fingerprint density at radius 1 is 1.45 bits per heavy atom. The Morgan fingerprint density at radius 3 is 3.05 bits per heavy atom. The van der Waals surface area contributed by atoms with Crippen molar-refractivity contribution >= 4 is 5.91 Å². The molecule has 0 aliphatic carbocycles. The highest BCUT2D eigenvalue weighted by molar-refractivity contribution is 5.92. The van der Waals surface area contributed by atoms with Crippen LogP contribution in [0.15, 0.2) is 37.1 Å². The minimum absolute atomic E-state index is 0.146. The number of aryl methyl sites for hydroxylation is 1. The lowest BCUT2D eigenvalue weighted by Crippen LogP contribution is -2.41. The highest BCUT2D eigenvalue weighted by Crippen LogP contribution is 2.20. The summed E-state index contributed by atoms with van der Waals surface area (Å²) in [6.45, 7) is 2.64. The number of nitrogens with zero attached hydrogens (tertiary/aromatic N) is 4. The van der Waals surface area contributed by atoms with Gasteiger partial charge in [0.25, 0.3) is 5.91 Å². The molecule has 1 amide bonds. The van der Waals surface area contributed by atoms with E-state index in [4.69, 9.17) is 0 Å². The molecule has 1 aliphatic rings. The highest BCUT2D eigenvalue weighted by atomic mass is 16.2. The van der Waals surface area contributed by atoms with Gasteiger partial charge in [0.2, 0.25) is 0 Å². The Bertz CT molecular complexity index is 572. The van der Waals surface area contributed by atoms with E-state index in [1.807, 2.05) is 47.4 Å². The van der Waals surface area contributed by atoms with Crippen LogP contribution in [0.5, 0.6) is 0 Å². The number of carbonyl (C=O) groups excluding carboxylic acids is 1. The number of likely N-dealkylation sites (tertiary alicyclic amines) is 1. The van der Waals surface area contributed by atoms with Crippen LogP contribution < -0.4 is 0 Å². The third kappa shape index (κ3) is 2.61. The van der Waals surface area contributed by atoms with E-state index in [2.05, 4.69) is 9.55 Å². The molecule has 3 rings (SSSR count). The van der Waals surface area contributed by atoms with Gasteiger partial charge in [-0.15, -0.1) is 0 Å². The number of aromatic nitrogens is 3. The largest absolute Gasteiger partial charge is 0.347 e. The predicted octanol–water partition coefficient (Wildman–Crippen LogP) is 1.77. The van der Waals surface area contributed by atoms with Crippen LogP contribution in [-0.2, 0) is 13.6 Å². The summed E-state index contributed by atoms with van der Waals surface area (Å²) in [6.07, 6.45) is 9.80. The second-order valence-corrected chi connectivity index (χ2v) is 5.52. The molecule has 106 valence electrons. The van der Waals surface area contributed by atoms with Crippen LogP contribution in [0.25, 0.3) is 0 Å². The number of amides is 1. The standard InChI is InChI=1S/C15H20N4O/c1-17-7-3-5-14(17)15(20)19-8-2-4-13(11-19)10-18-9-6-16-12-18/h3,5-7,9,12-13H,2,4,8,10-11H2,1H3/t13-/m0/s1. The second-order valence-electron chi connectivity index (χ2n) is 5.52. The van der Waals surface area contributed by atoms with E-state index in [9.17, 15) is 4.79 Å². The van der Waals surface area contributed by atoms with Gasteiger partial charge >= 0.3 is 0 Å². The van der Waals surface area contributed by atoms with Crippen LogP contribution in [-0.4, -0.2) is 38.0 Å². The number of rotatable bonds is 3. The van der Waals surface area contributed by atoms with Crippen molar-refractivity contribution in [3.63, 3.8) is 0 Å². The molecule has 20 heavy (non-hydrogen) atoms. The van der Waals surface area contributed by atoms with Gasteiger partial charge in [0.15, 0.2) is 0 Å². The third-order valence-electron chi connectivity index (χ3n) is 4.00. The summed E-state index contributed by atoms with van der Waals surface area (Å²) >= 11 is 0. The molecule has 1 atom stereocenters. The fourth-order valence-corrected chi connectivity index (χ4v) is 2.94. The molecule has 2 aromatic rings. The summed E-state index contributed by atoms with van der Waals surface area (Å²) in [6, 6.07) is 3.81. The van der Waals surface area contributed by atoms with Crippen molar-refractivity contribution in [2.24, 2.45) is 13.0 Å². The second kappa shape index (κ2) is 5.53. The molecule has 0 unspecified atom stereocenters. The Morgan fingerprint density at radius 2 is 2.35 bits per heavy atom. The van der Waals surface area contributed by atoms with Crippen molar-refractivity contribution in [3.05, 3.63) is 42.7 Å². The van der Waals surface area contributed by atoms with E-state index in [0.717, 1.165) is 31.7 Å². The molecule has 1 saturated heterocycles. The first-order valence-corrected chi connectivity index (χ1v) is 7.10. The van der Waals surface area contributed by atoms with Gasteiger partial charge in [-0.25, -0.2) is 4.98 Å². The summed E-state index contributed by atoms with van der Waals surface area (Å²) in [5.41, 5.74) is 0.772. The molecule has 2 aromatic heterocycles. The Labute approximate surface area is 118 Å². The van der Waals surface area contributed by atoms with E-state index >= 15 is 0 Å². The van der Waals surface area contributed by atoms with Crippen LogP contribution in [0, 0.1) is 5.92 Å². The number of imidazole rings is 1. The SMILES string of the molecule is Cn1cccc1C(=O)N1CCC[C@@H](Cn2ccnc2)C1. The zero-order valence-electron chi connectivity index (χ0n) is 11.8. The van der Waals surface area contributed by atoms with Crippen molar-refractivity contribution in [2.45, 2.75) is 19.4 Å². The molecule has 5 heteroatoms. The zero-order chi connectivity index (χ0) is 13.9. The van der Waals surface area contributed by atoms with E-state index in [1.165, 1.54) is 6.42 Å². The maximum absolute atomic E-state index is 12.5. The molecule has 3 heterocycles. The van der Waals surface area contributed by atoms with Crippen molar-refractivity contribution in [2.75, 3.05) is 13.1 Å². The van der Waals surface area contributed by atoms with Crippen LogP contribution in [0.2, 0.25) is 0 Å². The fraction of sp³-hybridized carbons (Fsp3) is 0.467. The van der Waals surface area contributed by atoms with Gasteiger partial charge in [-0.05, 0) is 30.9 Å². The lowest BCUT2D eigenvalue weighted by atomic mass is 9.97. The average Bonchev–Trinajstić information content (AvgIpc) is 3.10. The molecule has 0 spiro atoms. The topological polar surface area (TPSA) is 43.1 Å². The van der Waals surface area contributed by atoms with Crippen molar-refractivity contribution in [3.8, 4) is 0 Å². The Hall–Kier alpha value is -2.04. The van der Waals surface area contributed by atoms with Crippen molar-refractivity contribution < 1.29 is 4.79 Å². The lowest BCUT2D eigenvalue weighted by Gasteiger charge is -2.33. The first-order chi connectivity index (χ1) is 9.74. The monoisotopic (exact) mass is 272 g/mol. The number of carbonyl (C=O) groups is 1. The van der Waals surface area contributed by atoms with Gasteiger partial charge in [-0.3, -0.25) is 4.79 Å². The summed E-state index contributed by atoms with van der Waals surface area (Å²) in [5.74, 6) is 0.662. The summed E-state index contributed by atoms with van der Waals surface area (Å²) in [4.78, 5) is 18.6. The van der Waals surface area contributed by atoms with Crippen LogP contribution >= 0.6 is 0 Å². The molecular weight excluding hydrogens is 252 g/mol. The normalized spacial score (nSPS) is 19.2. The Kier molecular flexibility index (Phi) is 3.58.